The average Bonchev–Trinajstić information content (AvgIpc) is 3.58. The third-order valence-electron chi connectivity index (χ3n) is 6.11. The topological polar surface area (TPSA) is 247 Å². The maximum absolute atomic E-state index is 12.3. The Morgan fingerprint density at radius 1 is 1.32 bits per heavy atom. The standard InChI is InChI=1S/C19H29ClN9O8P/c1-9(2)5-21-15-10-6-22-29(16(10)24-18(20)23-15)17-14(32)13(31)11(37-17)7-36-19(8-30,38(33,34)35)4-3-12-25-27-28-26-12/h6,9,11,13-14,17,30-32H,3-5,7-8H2,1-2H3,(H,21,23,24)(H2,33,34,35)(H,25,26,27,28)/t11-,13-,14-,17-,19-/m1/s1. The maximum atomic E-state index is 12.3. The minimum Gasteiger partial charge on any atom is -0.393 e. The molecule has 5 atom stereocenters. The van der Waals surface area contributed by atoms with Gasteiger partial charge in [-0.3, -0.25) is 4.57 Å². The Balaban J connectivity index is 1.53. The molecule has 38 heavy (non-hydrogen) atoms. The molecule has 0 spiro atoms. The molecule has 0 aliphatic carbocycles. The van der Waals surface area contributed by atoms with Crippen LogP contribution in [0.15, 0.2) is 6.20 Å². The number of hydrogen-bond acceptors (Lipinski definition) is 13. The van der Waals surface area contributed by atoms with Crippen molar-refractivity contribution in [2.45, 2.75) is 56.6 Å². The van der Waals surface area contributed by atoms with Crippen molar-refractivity contribution in [3.05, 3.63) is 17.3 Å². The van der Waals surface area contributed by atoms with Gasteiger partial charge in [-0.2, -0.15) is 20.3 Å². The van der Waals surface area contributed by atoms with Crippen molar-refractivity contribution in [1.29, 1.82) is 0 Å². The summed E-state index contributed by atoms with van der Waals surface area (Å²) in [6.07, 6.45) is -4.50. The van der Waals surface area contributed by atoms with Crippen LogP contribution in [0.3, 0.4) is 0 Å². The summed E-state index contributed by atoms with van der Waals surface area (Å²) in [5, 5.41) is 49.8. The zero-order valence-electron chi connectivity index (χ0n) is 20.4. The molecule has 1 aliphatic rings. The normalized spacial score (nSPS) is 23.8. The number of nitrogens with zero attached hydrogens (tertiary/aromatic N) is 7. The molecule has 4 heterocycles. The number of hydrogen-bond donors (Lipinski definition) is 7. The van der Waals surface area contributed by atoms with Gasteiger partial charge < -0.3 is 39.9 Å². The summed E-state index contributed by atoms with van der Waals surface area (Å²) in [6.45, 7) is 3.02. The van der Waals surface area contributed by atoms with E-state index >= 15 is 0 Å². The fourth-order valence-corrected chi connectivity index (χ4v) is 4.94. The number of anilines is 1. The lowest BCUT2D eigenvalue weighted by atomic mass is 10.1. The summed E-state index contributed by atoms with van der Waals surface area (Å²) in [5.74, 6) is 0.904. The van der Waals surface area contributed by atoms with Crippen LogP contribution >= 0.6 is 19.2 Å². The van der Waals surface area contributed by atoms with Gasteiger partial charge in [0, 0.05) is 13.0 Å². The number of halogens is 1. The highest BCUT2D eigenvalue weighted by molar-refractivity contribution is 7.53. The SMILES string of the molecule is CC(C)CNc1nc(Cl)nc2c1cnn2[C@@H]1O[C@H](CO[C@](CO)(CCc2nn[nH]n2)P(=O)(O)O)[C@@H](O)[C@H]1O. The first-order valence-electron chi connectivity index (χ1n) is 11.6. The second-order valence-corrected chi connectivity index (χ2v) is 11.5. The van der Waals surface area contributed by atoms with Gasteiger partial charge in [0.15, 0.2) is 23.0 Å². The molecule has 210 valence electrons. The van der Waals surface area contributed by atoms with Crippen LogP contribution < -0.4 is 5.32 Å². The van der Waals surface area contributed by atoms with Crippen LogP contribution in [-0.2, 0) is 20.5 Å². The van der Waals surface area contributed by atoms with Crippen LogP contribution in [0.25, 0.3) is 11.0 Å². The van der Waals surface area contributed by atoms with Gasteiger partial charge in [0.05, 0.1) is 24.8 Å². The van der Waals surface area contributed by atoms with E-state index in [0.29, 0.717) is 23.7 Å². The molecule has 7 N–H and O–H groups in total. The minimum atomic E-state index is -5.05. The van der Waals surface area contributed by atoms with E-state index in [1.165, 1.54) is 10.9 Å². The zero-order chi connectivity index (χ0) is 27.7. The van der Waals surface area contributed by atoms with E-state index in [9.17, 15) is 29.7 Å². The molecule has 4 rings (SSSR count). The molecule has 1 saturated heterocycles. The van der Waals surface area contributed by atoms with E-state index in [2.05, 4.69) is 41.0 Å². The van der Waals surface area contributed by atoms with E-state index in [1.54, 1.807) is 0 Å². The number of tetrazole rings is 1. The van der Waals surface area contributed by atoms with Crippen LogP contribution in [0.4, 0.5) is 5.82 Å². The number of aromatic amines is 1. The van der Waals surface area contributed by atoms with E-state index in [4.69, 9.17) is 21.1 Å². The van der Waals surface area contributed by atoms with Crippen molar-refractivity contribution >= 4 is 36.0 Å². The largest absolute Gasteiger partial charge is 0.393 e. The second kappa shape index (κ2) is 11.4. The summed E-state index contributed by atoms with van der Waals surface area (Å²) >= 11 is 6.11. The number of aryl methyl sites for hydroxylation is 1. The Morgan fingerprint density at radius 3 is 2.71 bits per heavy atom. The first-order valence-corrected chi connectivity index (χ1v) is 13.6. The van der Waals surface area contributed by atoms with Crippen LogP contribution in [0.5, 0.6) is 0 Å². The lowest BCUT2D eigenvalue weighted by Crippen LogP contribution is -2.42. The smallest absolute Gasteiger partial charge is 0.359 e. The van der Waals surface area contributed by atoms with Crippen LogP contribution in [0.1, 0.15) is 32.3 Å². The number of nitrogens with one attached hydrogen (secondary N) is 2. The zero-order valence-corrected chi connectivity index (χ0v) is 22.1. The molecule has 3 aromatic heterocycles. The fraction of sp³-hybridized carbons (Fsp3) is 0.684. The molecule has 0 aromatic carbocycles. The monoisotopic (exact) mass is 577 g/mol. The van der Waals surface area contributed by atoms with Crippen LogP contribution in [-0.4, -0.2) is 109 Å². The van der Waals surface area contributed by atoms with Gasteiger partial charge in [-0.15, -0.1) is 10.2 Å². The fourth-order valence-electron chi connectivity index (χ4n) is 3.94. The first kappa shape index (κ1) is 28.7. The van der Waals surface area contributed by atoms with E-state index in [-0.39, 0.29) is 29.6 Å². The first-order chi connectivity index (χ1) is 18.0. The molecular weight excluding hydrogens is 549 g/mol. The number of H-pyrrole nitrogens is 1. The van der Waals surface area contributed by atoms with Crippen molar-refractivity contribution < 1.29 is 39.1 Å². The molecule has 0 radical (unpaired) electrons. The number of aromatic nitrogens is 8. The van der Waals surface area contributed by atoms with Gasteiger partial charge >= 0.3 is 7.60 Å². The van der Waals surface area contributed by atoms with Crippen molar-refractivity contribution in [1.82, 2.24) is 40.4 Å². The van der Waals surface area contributed by atoms with Gasteiger partial charge in [0.1, 0.15) is 24.1 Å². The highest BCUT2D eigenvalue weighted by atomic mass is 35.5. The maximum Gasteiger partial charge on any atom is 0.359 e. The Labute approximate surface area is 220 Å². The van der Waals surface area contributed by atoms with Gasteiger partial charge in [-0.1, -0.05) is 19.1 Å². The average molecular weight is 578 g/mol. The summed E-state index contributed by atoms with van der Waals surface area (Å²) in [7, 11) is -5.05. The molecule has 0 amide bonds. The van der Waals surface area contributed by atoms with Crippen LogP contribution in [0.2, 0.25) is 5.28 Å². The number of fused-ring (bicyclic) bond motifs is 1. The summed E-state index contributed by atoms with van der Waals surface area (Å²) in [5.41, 5.74) is 0.231. The van der Waals surface area contributed by atoms with Crippen LogP contribution in [0, 0.1) is 5.92 Å². The molecule has 0 saturated carbocycles. The predicted octanol–water partition coefficient (Wildman–Crippen LogP) is -0.804. The number of aliphatic hydroxyl groups is 3. The van der Waals surface area contributed by atoms with Crippen molar-refractivity contribution in [3.8, 4) is 0 Å². The Kier molecular flexibility index (Phi) is 8.61. The lowest BCUT2D eigenvalue weighted by molar-refractivity contribution is -0.111. The quantitative estimate of drug-likeness (QED) is 0.103. The summed E-state index contributed by atoms with van der Waals surface area (Å²) in [4.78, 5) is 28.3. The van der Waals surface area contributed by atoms with Crippen molar-refractivity contribution in [3.63, 3.8) is 0 Å². The second-order valence-electron chi connectivity index (χ2n) is 9.28. The van der Waals surface area contributed by atoms with E-state index in [0.717, 1.165) is 0 Å². The summed E-state index contributed by atoms with van der Waals surface area (Å²) in [6, 6.07) is 0. The lowest BCUT2D eigenvalue weighted by Gasteiger charge is -2.33. The predicted molar refractivity (Wildman–Crippen MR) is 130 cm³/mol. The van der Waals surface area contributed by atoms with Gasteiger partial charge in [-0.25, -0.2) is 4.68 Å². The number of rotatable bonds is 12. The third-order valence-corrected chi connectivity index (χ3v) is 7.83. The molecule has 1 fully saturated rings. The Hall–Kier alpha value is -2.34. The Morgan fingerprint density at radius 2 is 2.08 bits per heavy atom. The van der Waals surface area contributed by atoms with Gasteiger partial charge in [-0.05, 0) is 23.9 Å². The molecule has 17 nitrogen and oxygen atoms in total. The number of ether oxygens (including phenoxy) is 2. The highest BCUT2D eigenvalue weighted by Crippen LogP contribution is 2.53. The molecular formula is C19H29ClN9O8P. The van der Waals surface area contributed by atoms with E-state index < -0.39 is 50.7 Å². The van der Waals surface area contributed by atoms with Crippen molar-refractivity contribution in [2.75, 3.05) is 25.1 Å². The van der Waals surface area contributed by atoms with E-state index in [1.807, 2.05) is 13.8 Å². The Bertz CT molecular complexity index is 1270. The molecule has 0 unspecified atom stereocenters. The van der Waals surface area contributed by atoms with Gasteiger partial charge in [0.2, 0.25) is 5.28 Å². The molecule has 1 aliphatic heterocycles. The number of aliphatic hydroxyl groups excluding tert-OH is 3. The third kappa shape index (κ3) is 5.80. The summed E-state index contributed by atoms with van der Waals surface area (Å²) < 4.78 is 24.8. The molecule has 3 aromatic rings. The molecule has 19 heteroatoms. The van der Waals surface area contributed by atoms with Crippen molar-refractivity contribution in [2.24, 2.45) is 5.92 Å². The molecule has 0 bridgehead atoms. The highest BCUT2D eigenvalue weighted by Gasteiger charge is 2.51. The van der Waals surface area contributed by atoms with Gasteiger partial charge in [0.25, 0.3) is 0 Å². The minimum absolute atomic E-state index is 0.0746.